The molecule has 0 saturated heterocycles. The maximum atomic E-state index is 11.5. The van der Waals surface area contributed by atoms with Crippen molar-refractivity contribution in [3.05, 3.63) is 12.7 Å². The lowest BCUT2D eigenvalue weighted by Crippen LogP contribution is -2.33. The Kier molecular flexibility index (Phi) is 2.27. The van der Waals surface area contributed by atoms with Gasteiger partial charge in [0, 0.05) is 7.05 Å². The highest BCUT2D eigenvalue weighted by atomic mass is 16.2. The molecule has 1 rings (SSSR count). The Morgan fingerprint density at radius 1 is 1.75 bits per heavy atom. The van der Waals surface area contributed by atoms with Crippen LogP contribution in [0.3, 0.4) is 0 Å². The van der Waals surface area contributed by atoms with Crippen LogP contribution in [0.4, 0.5) is 0 Å². The van der Waals surface area contributed by atoms with Crippen LogP contribution in [0.2, 0.25) is 0 Å². The second-order valence-electron chi connectivity index (χ2n) is 3.82. The SMILES string of the molecule is C=CC1C[C@@]1(C(=O)NC)C(C)C. The summed E-state index contributed by atoms with van der Waals surface area (Å²) in [4.78, 5) is 11.5. The van der Waals surface area contributed by atoms with E-state index in [0.29, 0.717) is 11.8 Å². The van der Waals surface area contributed by atoms with E-state index in [4.69, 9.17) is 0 Å². The molecular formula is C10H17NO. The first kappa shape index (κ1) is 9.30. The number of allylic oxidation sites excluding steroid dienone is 1. The molecule has 1 aliphatic carbocycles. The molecule has 1 unspecified atom stereocenters. The summed E-state index contributed by atoms with van der Waals surface area (Å²) >= 11 is 0. The molecule has 12 heavy (non-hydrogen) atoms. The molecule has 1 amide bonds. The molecule has 1 fully saturated rings. The van der Waals surface area contributed by atoms with Crippen molar-refractivity contribution in [1.29, 1.82) is 0 Å². The average molecular weight is 167 g/mol. The third-order valence-electron chi connectivity index (χ3n) is 3.02. The van der Waals surface area contributed by atoms with Crippen molar-refractivity contribution >= 4 is 5.91 Å². The standard InChI is InChI=1S/C10H17NO/c1-5-8-6-10(8,7(2)3)9(12)11-4/h5,7-8H,1,6H2,2-4H3,(H,11,12)/t8?,10-/m1/s1. The van der Waals surface area contributed by atoms with Crippen LogP contribution in [0.1, 0.15) is 20.3 Å². The minimum atomic E-state index is -0.142. The molecule has 0 aromatic carbocycles. The van der Waals surface area contributed by atoms with Crippen LogP contribution in [-0.2, 0) is 4.79 Å². The van der Waals surface area contributed by atoms with Gasteiger partial charge in [-0.15, -0.1) is 6.58 Å². The topological polar surface area (TPSA) is 29.1 Å². The molecule has 0 heterocycles. The fraction of sp³-hybridized carbons (Fsp3) is 0.700. The fourth-order valence-electron chi connectivity index (χ4n) is 2.02. The zero-order chi connectivity index (χ0) is 9.35. The van der Waals surface area contributed by atoms with E-state index in [1.54, 1.807) is 7.05 Å². The van der Waals surface area contributed by atoms with Gasteiger partial charge in [-0.2, -0.15) is 0 Å². The number of hydrogen-bond donors (Lipinski definition) is 1. The largest absolute Gasteiger partial charge is 0.359 e. The Hall–Kier alpha value is -0.790. The maximum absolute atomic E-state index is 11.5. The van der Waals surface area contributed by atoms with E-state index in [0.717, 1.165) is 6.42 Å². The highest BCUT2D eigenvalue weighted by molar-refractivity contribution is 5.86. The van der Waals surface area contributed by atoms with Crippen LogP contribution >= 0.6 is 0 Å². The van der Waals surface area contributed by atoms with Gasteiger partial charge in [0.15, 0.2) is 0 Å². The number of carbonyl (C=O) groups excluding carboxylic acids is 1. The van der Waals surface area contributed by atoms with Gasteiger partial charge in [0.25, 0.3) is 0 Å². The summed E-state index contributed by atoms with van der Waals surface area (Å²) in [6.07, 6.45) is 2.86. The lowest BCUT2D eigenvalue weighted by molar-refractivity contribution is -0.127. The number of rotatable bonds is 3. The second kappa shape index (κ2) is 2.92. The van der Waals surface area contributed by atoms with Crippen LogP contribution in [0.15, 0.2) is 12.7 Å². The fourth-order valence-corrected chi connectivity index (χ4v) is 2.02. The van der Waals surface area contributed by atoms with Gasteiger partial charge in [-0.05, 0) is 18.3 Å². The predicted octanol–water partition coefficient (Wildman–Crippen LogP) is 1.58. The number of hydrogen-bond acceptors (Lipinski definition) is 1. The molecule has 0 aliphatic heterocycles. The number of nitrogens with one attached hydrogen (secondary N) is 1. The number of amides is 1. The Labute approximate surface area is 74.0 Å². The van der Waals surface area contributed by atoms with Crippen molar-refractivity contribution in [2.45, 2.75) is 20.3 Å². The molecule has 68 valence electrons. The first-order valence-corrected chi connectivity index (χ1v) is 4.44. The van der Waals surface area contributed by atoms with E-state index in [2.05, 4.69) is 25.7 Å². The lowest BCUT2D eigenvalue weighted by atomic mass is 9.89. The highest BCUT2D eigenvalue weighted by Crippen LogP contribution is 2.58. The second-order valence-corrected chi connectivity index (χ2v) is 3.82. The summed E-state index contributed by atoms with van der Waals surface area (Å²) in [5, 5.41) is 2.73. The van der Waals surface area contributed by atoms with Gasteiger partial charge < -0.3 is 5.32 Å². The van der Waals surface area contributed by atoms with Crippen LogP contribution < -0.4 is 5.32 Å². The molecule has 0 aromatic rings. The van der Waals surface area contributed by atoms with Crippen LogP contribution in [0, 0.1) is 17.3 Å². The van der Waals surface area contributed by atoms with Crippen molar-refractivity contribution in [2.24, 2.45) is 17.3 Å². The Morgan fingerprint density at radius 2 is 2.33 bits per heavy atom. The van der Waals surface area contributed by atoms with Crippen molar-refractivity contribution in [3.63, 3.8) is 0 Å². The Bertz CT molecular complexity index is 210. The van der Waals surface area contributed by atoms with E-state index in [-0.39, 0.29) is 11.3 Å². The van der Waals surface area contributed by atoms with Crippen molar-refractivity contribution in [1.82, 2.24) is 5.32 Å². The van der Waals surface area contributed by atoms with E-state index >= 15 is 0 Å². The molecular weight excluding hydrogens is 150 g/mol. The minimum Gasteiger partial charge on any atom is -0.359 e. The molecule has 2 nitrogen and oxygen atoms in total. The van der Waals surface area contributed by atoms with Gasteiger partial charge in [-0.25, -0.2) is 0 Å². The summed E-state index contributed by atoms with van der Waals surface area (Å²) in [7, 11) is 1.70. The van der Waals surface area contributed by atoms with Crippen molar-refractivity contribution in [2.75, 3.05) is 7.05 Å². The van der Waals surface area contributed by atoms with Crippen LogP contribution in [-0.4, -0.2) is 13.0 Å². The molecule has 0 spiro atoms. The zero-order valence-corrected chi connectivity index (χ0v) is 8.05. The van der Waals surface area contributed by atoms with E-state index in [9.17, 15) is 4.79 Å². The molecule has 0 radical (unpaired) electrons. The van der Waals surface area contributed by atoms with E-state index in [1.165, 1.54) is 0 Å². The molecule has 1 saturated carbocycles. The Morgan fingerprint density at radius 3 is 2.58 bits per heavy atom. The van der Waals surface area contributed by atoms with Gasteiger partial charge in [0.1, 0.15) is 0 Å². The molecule has 2 atom stereocenters. The monoisotopic (exact) mass is 167 g/mol. The summed E-state index contributed by atoms with van der Waals surface area (Å²) in [5.41, 5.74) is -0.142. The first-order chi connectivity index (χ1) is 5.59. The summed E-state index contributed by atoms with van der Waals surface area (Å²) in [5.74, 6) is 0.959. The lowest BCUT2D eigenvalue weighted by Gasteiger charge is -2.18. The molecule has 0 aromatic heterocycles. The van der Waals surface area contributed by atoms with Gasteiger partial charge in [-0.3, -0.25) is 4.79 Å². The quantitative estimate of drug-likeness (QED) is 0.635. The summed E-state index contributed by atoms with van der Waals surface area (Å²) < 4.78 is 0. The minimum absolute atomic E-state index is 0.142. The van der Waals surface area contributed by atoms with E-state index in [1.807, 2.05) is 6.08 Å². The van der Waals surface area contributed by atoms with Gasteiger partial charge in [-0.1, -0.05) is 19.9 Å². The maximum Gasteiger partial charge on any atom is 0.226 e. The van der Waals surface area contributed by atoms with Crippen LogP contribution in [0.5, 0.6) is 0 Å². The summed E-state index contributed by atoms with van der Waals surface area (Å²) in [6, 6.07) is 0. The zero-order valence-electron chi connectivity index (χ0n) is 8.05. The third kappa shape index (κ3) is 1.06. The third-order valence-corrected chi connectivity index (χ3v) is 3.02. The molecule has 1 aliphatic rings. The smallest absolute Gasteiger partial charge is 0.226 e. The van der Waals surface area contributed by atoms with Gasteiger partial charge in [0.2, 0.25) is 5.91 Å². The van der Waals surface area contributed by atoms with Crippen molar-refractivity contribution < 1.29 is 4.79 Å². The highest BCUT2D eigenvalue weighted by Gasteiger charge is 2.59. The van der Waals surface area contributed by atoms with Gasteiger partial charge >= 0.3 is 0 Å². The van der Waals surface area contributed by atoms with E-state index < -0.39 is 0 Å². The Balaban J connectivity index is 2.78. The number of carbonyl (C=O) groups is 1. The predicted molar refractivity (Wildman–Crippen MR) is 49.6 cm³/mol. The molecule has 2 heteroatoms. The normalized spacial score (nSPS) is 33.2. The molecule has 1 N–H and O–H groups in total. The molecule has 0 bridgehead atoms. The summed E-state index contributed by atoms with van der Waals surface area (Å²) in [6.45, 7) is 7.93. The first-order valence-electron chi connectivity index (χ1n) is 4.44. The van der Waals surface area contributed by atoms with Gasteiger partial charge in [0.05, 0.1) is 5.41 Å². The van der Waals surface area contributed by atoms with Crippen LogP contribution in [0.25, 0.3) is 0 Å². The average Bonchev–Trinajstić information content (AvgIpc) is 2.78. The van der Waals surface area contributed by atoms with Crippen molar-refractivity contribution in [3.8, 4) is 0 Å².